The van der Waals surface area contributed by atoms with Gasteiger partial charge < -0.3 is 19.8 Å². The van der Waals surface area contributed by atoms with Crippen molar-refractivity contribution >= 4 is 22.8 Å². The summed E-state index contributed by atoms with van der Waals surface area (Å²) >= 11 is 0. The van der Waals surface area contributed by atoms with Crippen LogP contribution in [0.25, 0.3) is 10.9 Å². The summed E-state index contributed by atoms with van der Waals surface area (Å²) in [5.41, 5.74) is 2.14. The molecule has 1 N–H and O–H groups in total. The van der Waals surface area contributed by atoms with E-state index in [1.54, 1.807) is 0 Å². The van der Waals surface area contributed by atoms with Gasteiger partial charge in [-0.05, 0) is 30.9 Å². The smallest absolute Gasteiger partial charge is 0.223 e. The number of aliphatic carboxylic acids is 1. The van der Waals surface area contributed by atoms with Gasteiger partial charge >= 0.3 is 0 Å². The van der Waals surface area contributed by atoms with Crippen LogP contribution in [0.5, 0.6) is 0 Å². The Balaban J connectivity index is 1.67. The molecule has 1 aliphatic rings. The largest absolute Gasteiger partial charge is 0.548 e. The summed E-state index contributed by atoms with van der Waals surface area (Å²) in [6.45, 7) is 0.519. The number of hydrogen-bond donors (Lipinski definition) is 1. The fourth-order valence-corrected chi connectivity index (χ4v) is 3.03. The van der Waals surface area contributed by atoms with Crippen LogP contribution in [-0.2, 0) is 16.0 Å². The minimum absolute atomic E-state index is 0.105. The molecule has 1 atom stereocenters. The number of carboxylic acid groups (broad SMARTS) is 1. The standard InChI is InChI=1S/C16H18N2O3/c19-15(18-9-3-6-14(18)16(20)21)8-7-11-10-17-13-5-2-1-4-12(11)13/h1-2,4-5,10,14,17H,3,6-9H2,(H,20,21)/p-1/t14-/m0/s1. The van der Waals surface area contributed by atoms with Crippen LogP contribution in [-0.4, -0.2) is 34.3 Å². The maximum atomic E-state index is 12.2. The van der Waals surface area contributed by atoms with E-state index in [-0.39, 0.29) is 5.91 Å². The van der Waals surface area contributed by atoms with Gasteiger partial charge in [-0.25, -0.2) is 0 Å². The monoisotopic (exact) mass is 285 g/mol. The van der Waals surface area contributed by atoms with Crippen molar-refractivity contribution in [1.82, 2.24) is 9.88 Å². The van der Waals surface area contributed by atoms with Crippen LogP contribution < -0.4 is 5.11 Å². The predicted molar refractivity (Wildman–Crippen MR) is 76.4 cm³/mol. The average molecular weight is 285 g/mol. The number of aromatic amines is 1. The van der Waals surface area contributed by atoms with E-state index in [9.17, 15) is 14.7 Å². The third-order valence-electron chi connectivity index (χ3n) is 4.13. The van der Waals surface area contributed by atoms with Crippen LogP contribution in [0.4, 0.5) is 0 Å². The zero-order valence-corrected chi connectivity index (χ0v) is 11.7. The summed E-state index contributed by atoms with van der Waals surface area (Å²) < 4.78 is 0. The van der Waals surface area contributed by atoms with Crippen LogP contribution in [0.3, 0.4) is 0 Å². The van der Waals surface area contributed by atoms with Crippen LogP contribution >= 0.6 is 0 Å². The Morgan fingerprint density at radius 3 is 2.95 bits per heavy atom. The van der Waals surface area contributed by atoms with Crippen LogP contribution in [0, 0.1) is 0 Å². The van der Waals surface area contributed by atoms with Gasteiger partial charge in [-0.1, -0.05) is 18.2 Å². The number of rotatable bonds is 4. The van der Waals surface area contributed by atoms with Crippen molar-refractivity contribution in [2.45, 2.75) is 31.7 Å². The van der Waals surface area contributed by atoms with Gasteiger partial charge in [-0.15, -0.1) is 0 Å². The van der Waals surface area contributed by atoms with Gasteiger partial charge in [0.15, 0.2) is 0 Å². The first-order valence-electron chi connectivity index (χ1n) is 7.22. The second-order valence-electron chi connectivity index (χ2n) is 5.42. The van der Waals surface area contributed by atoms with E-state index >= 15 is 0 Å². The number of para-hydroxylation sites is 1. The number of hydrogen-bond acceptors (Lipinski definition) is 3. The molecule has 0 bridgehead atoms. The van der Waals surface area contributed by atoms with Crippen molar-refractivity contribution < 1.29 is 14.7 Å². The van der Waals surface area contributed by atoms with E-state index < -0.39 is 12.0 Å². The Morgan fingerprint density at radius 2 is 2.14 bits per heavy atom. The van der Waals surface area contributed by atoms with Gasteiger partial charge in [0.25, 0.3) is 0 Å². The SMILES string of the molecule is O=C([O-])[C@@H]1CCCN1C(=O)CCc1c[nH]c2ccccc12. The number of aromatic nitrogens is 1. The second-order valence-corrected chi connectivity index (χ2v) is 5.42. The van der Waals surface area contributed by atoms with Gasteiger partial charge in [0, 0.05) is 30.1 Å². The Labute approximate surface area is 122 Å². The van der Waals surface area contributed by atoms with Crippen molar-refractivity contribution in [3.05, 3.63) is 36.0 Å². The molecule has 2 aromatic rings. The lowest BCUT2D eigenvalue weighted by Gasteiger charge is -2.25. The number of H-pyrrole nitrogens is 1. The molecule has 3 rings (SSSR count). The van der Waals surface area contributed by atoms with E-state index in [4.69, 9.17) is 0 Å². The number of nitrogens with one attached hydrogen (secondary N) is 1. The molecule has 0 radical (unpaired) electrons. The quantitative estimate of drug-likeness (QED) is 0.904. The predicted octanol–water partition coefficient (Wildman–Crippen LogP) is 0.841. The lowest BCUT2D eigenvalue weighted by molar-refractivity contribution is -0.310. The Kier molecular flexibility index (Phi) is 3.64. The fourth-order valence-electron chi connectivity index (χ4n) is 3.03. The highest BCUT2D eigenvalue weighted by atomic mass is 16.4. The summed E-state index contributed by atoms with van der Waals surface area (Å²) in [6, 6.07) is 7.19. The first-order chi connectivity index (χ1) is 10.2. The van der Waals surface area contributed by atoms with Gasteiger partial charge in [0.2, 0.25) is 5.91 Å². The third kappa shape index (κ3) is 2.63. The highest BCUT2D eigenvalue weighted by Gasteiger charge is 2.29. The lowest BCUT2D eigenvalue weighted by atomic mass is 10.1. The van der Waals surface area contributed by atoms with Crippen molar-refractivity contribution in [3.63, 3.8) is 0 Å². The number of carboxylic acids is 1. The van der Waals surface area contributed by atoms with E-state index in [1.165, 1.54) is 4.90 Å². The summed E-state index contributed by atoms with van der Waals surface area (Å²) in [4.78, 5) is 27.9. The maximum absolute atomic E-state index is 12.2. The number of likely N-dealkylation sites (tertiary alicyclic amines) is 1. The van der Waals surface area contributed by atoms with Crippen LogP contribution in [0.1, 0.15) is 24.8 Å². The number of carbonyl (C=O) groups excluding carboxylic acids is 2. The Morgan fingerprint density at radius 1 is 1.33 bits per heavy atom. The van der Waals surface area contributed by atoms with Gasteiger partial charge in [0.1, 0.15) is 0 Å². The molecule has 5 nitrogen and oxygen atoms in total. The molecule has 0 saturated carbocycles. The zero-order chi connectivity index (χ0) is 14.8. The molecular formula is C16H17N2O3-. The summed E-state index contributed by atoms with van der Waals surface area (Å²) in [6.07, 6.45) is 4.08. The second kappa shape index (κ2) is 5.60. The number of carbonyl (C=O) groups is 2. The van der Waals surface area contributed by atoms with Crippen molar-refractivity contribution in [2.24, 2.45) is 0 Å². The number of benzene rings is 1. The maximum Gasteiger partial charge on any atom is 0.223 e. The molecule has 1 aliphatic heterocycles. The topological polar surface area (TPSA) is 76.2 Å². The molecule has 21 heavy (non-hydrogen) atoms. The molecule has 0 spiro atoms. The normalized spacial score (nSPS) is 18.3. The number of fused-ring (bicyclic) bond motifs is 1. The van der Waals surface area contributed by atoms with E-state index in [0.717, 1.165) is 22.9 Å². The molecule has 1 fully saturated rings. The van der Waals surface area contributed by atoms with E-state index in [0.29, 0.717) is 25.8 Å². The zero-order valence-electron chi connectivity index (χ0n) is 11.7. The molecule has 0 aliphatic carbocycles. The molecule has 2 heterocycles. The third-order valence-corrected chi connectivity index (χ3v) is 4.13. The van der Waals surface area contributed by atoms with Crippen LogP contribution in [0.2, 0.25) is 0 Å². The molecule has 110 valence electrons. The Bertz CT molecular complexity index is 677. The summed E-state index contributed by atoms with van der Waals surface area (Å²) in [5, 5.41) is 12.1. The Hall–Kier alpha value is -2.30. The first kappa shape index (κ1) is 13.7. The average Bonchev–Trinajstić information content (AvgIpc) is 3.12. The molecule has 1 amide bonds. The summed E-state index contributed by atoms with van der Waals surface area (Å²) in [7, 11) is 0. The minimum atomic E-state index is -1.15. The van der Waals surface area contributed by atoms with Crippen molar-refractivity contribution in [1.29, 1.82) is 0 Å². The minimum Gasteiger partial charge on any atom is -0.548 e. The number of nitrogens with zero attached hydrogens (tertiary/aromatic N) is 1. The molecule has 1 saturated heterocycles. The first-order valence-corrected chi connectivity index (χ1v) is 7.22. The number of amides is 1. The summed E-state index contributed by atoms with van der Waals surface area (Å²) in [5.74, 6) is -1.25. The van der Waals surface area contributed by atoms with Gasteiger partial charge in [-0.3, -0.25) is 4.79 Å². The molecular weight excluding hydrogens is 268 g/mol. The molecule has 1 aromatic carbocycles. The van der Waals surface area contributed by atoms with E-state index in [2.05, 4.69) is 4.98 Å². The number of aryl methyl sites for hydroxylation is 1. The fraction of sp³-hybridized carbons (Fsp3) is 0.375. The van der Waals surface area contributed by atoms with E-state index in [1.807, 2.05) is 30.5 Å². The molecule has 0 unspecified atom stereocenters. The van der Waals surface area contributed by atoms with Crippen LogP contribution in [0.15, 0.2) is 30.5 Å². The van der Waals surface area contributed by atoms with Gasteiger partial charge in [0.05, 0.1) is 12.0 Å². The van der Waals surface area contributed by atoms with Gasteiger partial charge in [-0.2, -0.15) is 0 Å². The van der Waals surface area contributed by atoms with Crippen molar-refractivity contribution in [3.8, 4) is 0 Å². The molecule has 1 aromatic heterocycles. The highest BCUT2D eigenvalue weighted by molar-refractivity contribution is 5.86. The molecule has 5 heteroatoms. The van der Waals surface area contributed by atoms with Crippen molar-refractivity contribution in [2.75, 3.05) is 6.54 Å². The highest BCUT2D eigenvalue weighted by Crippen LogP contribution is 2.21. The lowest BCUT2D eigenvalue weighted by Crippen LogP contribution is -2.47.